The van der Waals surface area contributed by atoms with Crippen LogP contribution in [0.3, 0.4) is 0 Å². The zero-order valence-electron chi connectivity index (χ0n) is 13.0. The van der Waals surface area contributed by atoms with Crippen molar-refractivity contribution in [2.45, 2.75) is 58.5 Å². The third kappa shape index (κ3) is 5.43. The van der Waals surface area contributed by atoms with E-state index in [0.29, 0.717) is 6.61 Å². The molecule has 1 aromatic heterocycles. The average Bonchev–Trinajstić information content (AvgIpc) is 2.81. The molecule has 20 heavy (non-hydrogen) atoms. The number of methoxy groups -OCH3 is 1. The first-order chi connectivity index (χ1) is 9.74. The fourth-order valence-electron chi connectivity index (χ4n) is 2.33. The number of nitrogens with zero attached hydrogens (tertiary/aromatic N) is 2. The molecule has 0 aliphatic carbocycles. The lowest BCUT2D eigenvalue weighted by Crippen LogP contribution is -2.26. The van der Waals surface area contributed by atoms with Crippen molar-refractivity contribution in [2.75, 3.05) is 20.3 Å². The van der Waals surface area contributed by atoms with E-state index in [9.17, 15) is 0 Å². The predicted octanol–water partition coefficient (Wildman–Crippen LogP) is 3.80. The summed E-state index contributed by atoms with van der Waals surface area (Å²) in [5, 5.41) is 8.73. The highest BCUT2D eigenvalue weighted by Crippen LogP contribution is 2.27. The Kier molecular flexibility index (Phi) is 8.90. The van der Waals surface area contributed by atoms with E-state index < -0.39 is 0 Å². The van der Waals surface area contributed by atoms with Gasteiger partial charge in [0, 0.05) is 7.11 Å². The van der Waals surface area contributed by atoms with Crippen LogP contribution in [0.1, 0.15) is 57.7 Å². The summed E-state index contributed by atoms with van der Waals surface area (Å²) in [5.74, 6) is 0. The van der Waals surface area contributed by atoms with E-state index in [-0.39, 0.29) is 6.04 Å². The lowest BCUT2D eigenvalue weighted by molar-refractivity contribution is 0.181. The van der Waals surface area contributed by atoms with Crippen LogP contribution in [0.2, 0.25) is 5.02 Å². The van der Waals surface area contributed by atoms with Gasteiger partial charge in [-0.15, -0.1) is 0 Å². The standard InChI is InChI=1S/C15H28ClN3O/c1-4-6-7-8-14(17-9-5-2)15-13(16)12-18-19(15)10-11-20-3/h12,14,17H,4-11H2,1-3H3. The molecule has 0 aliphatic rings. The zero-order chi connectivity index (χ0) is 14.8. The van der Waals surface area contributed by atoms with Crippen LogP contribution in [0, 0.1) is 0 Å². The molecule has 116 valence electrons. The molecule has 1 aromatic rings. The number of ether oxygens (including phenoxy) is 1. The minimum absolute atomic E-state index is 0.286. The third-order valence-electron chi connectivity index (χ3n) is 3.41. The van der Waals surface area contributed by atoms with Gasteiger partial charge in [0.2, 0.25) is 0 Å². The summed E-state index contributed by atoms with van der Waals surface area (Å²) in [5.41, 5.74) is 1.10. The second-order valence-electron chi connectivity index (χ2n) is 5.10. The van der Waals surface area contributed by atoms with Crippen molar-refractivity contribution in [3.63, 3.8) is 0 Å². The van der Waals surface area contributed by atoms with Crippen LogP contribution < -0.4 is 5.32 Å². The summed E-state index contributed by atoms with van der Waals surface area (Å²) >= 11 is 6.35. The molecule has 0 aromatic carbocycles. The summed E-state index contributed by atoms with van der Waals surface area (Å²) in [6, 6.07) is 0.286. The number of hydrogen-bond donors (Lipinski definition) is 1. The molecule has 0 spiro atoms. The molecule has 1 atom stereocenters. The Hall–Kier alpha value is -0.580. The first kappa shape index (κ1) is 17.5. The smallest absolute Gasteiger partial charge is 0.0834 e. The number of aromatic nitrogens is 2. The molecule has 0 saturated heterocycles. The van der Waals surface area contributed by atoms with Crippen LogP contribution in [0.15, 0.2) is 6.20 Å². The highest BCUT2D eigenvalue weighted by Gasteiger charge is 2.19. The van der Waals surface area contributed by atoms with Gasteiger partial charge in [-0.05, 0) is 19.4 Å². The molecule has 0 fully saturated rings. The van der Waals surface area contributed by atoms with E-state index in [1.807, 2.05) is 4.68 Å². The van der Waals surface area contributed by atoms with Crippen molar-refractivity contribution >= 4 is 11.6 Å². The Balaban J connectivity index is 2.78. The second-order valence-corrected chi connectivity index (χ2v) is 5.50. The van der Waals surface area contributed by atoms with Gasteiger partial charge in [-0.1, -0.05) is 44.7 Å². The predicted molar refractivity (Wildman–Crippen MR) is 84.3 cm³/mol. The molecule has 1 unspecified atom stereocenters. The van der Waals surface area contributed by atoms with Crippen LogP contribution in [0.25, 0.3) is 0 Å². The van der Waals surface area contributed by atoms with Crippen molar-refractivity contribution in [2.24, 2.45) is 0 Å². The maximum absolute atomic E-state index is 6.35. The largest absolute Gasteiger partial charge is 0.383 e. The van der Waals surface area contributed by atoms with Gasteiger partial charge in [-0.2, -0.15) is 5.10 Å². The van der Waals surface area contributed by atoms with Gasteiger partial charge in [0.05, 0.1) is 36.1 Å². The highest BCUT2D eigenvalue weighted by molar-refractivity contribution is 6.31. The molecule has 0 aliphatic heterocycles. The zero-order valence-corrected chi connectivity index (χ0v) is 13.7. The van der Waals surface area contributed by atoms with Crippen molar-refractivity contribution in [3.8, 4) is 0 Å². The van der Waals surface area contributed by atoms with Crippen molar-refractivity contribution in [1.82, 2.24) is 15.1 Å². The monoisotopic (exact) mass is 301 g/mol. The Morgan fingerprint density at radius 1 is 1.35 bits per heavy atom. The highest BCUT2D eigenvalue weighted by atomic mass is 35.5. The third-order valence-corrected chi connectivity index (χ3v) is 3.70. The quantitative estimate of drug-likeness (QED) is 0.632. The van der Waals surface area contributed by atoms with Gasteiger partial charge in [0.1, 0.15) is 0 Å². The van der Waals surface area contributed by atoms with Crippen LogP contribution in [-0.4, -0.2) is 30.0 Å². The van der Waals surface area contributed by atoms with Crippen LogP contribution >= 0.6 is 11.6 Å². The van der Waals surface area contributed by atoms with Crippen molar-refractivity contribution in [3.05, 3.63) is 16.9 Å². The fraction of sp³-hybridized carbons (Fsp3) is 0.800. The number of hydrogen-bond acceptors (Lipinski definition) is 3. The van der Waals surface area contributed by atoms with E-state index in [0.717, 1.165) is 36.6 Å². The molecule has 4 nitrogen and oxygen atoms in total. The summed E-state index contributed by atoms with van der Waals surface area (Å²) in [6.07, 6.45) is 7.67. The van der Waals surface area contributed by atoms with Gasteiger partial charge in [-0.3, -0.25) is 4.68 Å². The van der Waals surface area contributed by atoms with Gasteiger partial charge in [0.25, 0.3) is 0 Å². The second kappa shape index (κ2) is 10.2. The summed E-state index contributed by atoms with van der Waals surface area (Å²) in [6.45, 7) is 6.81. The van der Waals surface area contributed by atoms with Gasteiger partial charge < -0.3 is 10.1 Å². The van der Waals surface area contributed by atoms with Gasteiger partial charge in [-0.25, -0.2) is 0 Å². The van der Waals surface area contributed by atoms with E-state index in [4.69, 9.17) is 16.3 Å². The normalized spacial score (nSPS) is 12.8. The topological polar surface area (TPSA) is 39.1 Å². The lowest BCUT2D eigenvalue weighted by Gasteiger charge is -2.20. The molecule has 0 amide bonds. The maximum atomic E-state index is 6.35. The molecule has 1 heterocycles. The molecular formula is C15H28ClN3O. The molecule has 5 heteroatoms. The lowest BCUT2D eigenvalue weighted by atomic mass is 10.0. The van der Waals surface area contributed by atoms with Gasteiger partial charge >= 0.3 is 0 Å². The SMILES string of the molecule is CCCCCC(NCCC)c1c(Cl)cnn1CCOC. The number of nitrogens with one attached hydrogen (secondary N) is 1. The van der Waals surface area contributed by atoms with Crippen LogP contribution in [0.5, 0.6) is 0 Å². The summed E-state index contributed by atoms with van der Waals surface area (Å²) < 4.78 is 7.12. The van der Waals surface area contributed by atoms with Gasteiger partial charge in [0.15, 0.2) is 0 Å². The molecule has 1 rings (SSSR count). The summed E-state index contributed by atoms with van der Waals surface area (Å²) in [7, 11) is 1.71. The van der Waals surface area contributed by atoms with E-state index in [2.05, 4.69) is 24.3 Å². The molecule has 0 radical (unpaired) electrons. The Bertz CT molecular complexity index is 368. The van der Waals surface area contributed by atoms with Crippen molar-refractivity contribution < 1.29 is 4.74 Å². The Morgan fingerprint density at radius 2 is 2.15 bits per heavy atom. The van der Waals surface area contributed by atoms with Crippen LogP contribution in [-0.2, 0) is 11.3 Å². The number of rotatable bonds is 11. The summed E-state index contributed by atoms with van der Waals surface area (Å²) in [4.78, 5) is 0. The first-order valence-corrected chi connectivity index (χ1v) is 8.05. The van der Waals surface area contributed by atoms with Crippen LogP contribution in [0.4, 0.5) is 0 Å². The molecule has 0 saturated carbocycles. The fourth-order valence-corrected chi connectivity index (χ4v) is 2.60. The average molecular weight is 302 g/mol. The van der Waals surface area contributed by atoms with E-state index in [1.165, 1.54) is 19.3 Å². The molecule has 0 bridgehead atoms. The molecular weight excluding hydrogens is 274 g/mol. The number of halogens is 1. The minimum Gasteiger partial charge on any atom is -0.383 e. The van der Waals surface area contributed by atoms with Crippen molar-refractivity contribution in [1.29, 1.82) is 0 Å². The minimum atomic E-state index is 0.286. The molecule has 1 N–H and O–H groups in total. The first-order valence-electron chi connectivity index (χ1n) is 7.68. The number of unbranched alkanes of at least 4 members (excludes halogenated alkanes) is 2. The Morgan fingerprint density at radius 3 is 2.80 bits per heavy atom. The van der Waals surface area contributed by atoms with E-state index >= 15 is 0 Å². The van der Waals surface area contributed by atoms with E-state index in [1.54, 1.807) is 13.3 Å². The Labute approximate surface area is 127 Å². The maximum Gasteiger partial charge on any atom is 0.0834 e.